The molecule has 0 aromatic heterocycles. The topological polar surface area (TPSA) is 3.24 Å². The number of likely N-dealkylation sites (tertiary alicyclic amines) is 1. The molecule has 1 heterocycles. The SMILES string of the molecule is [CH]1CCCCC1N1CCCCCC1. The van der Waals surface area contributed by atoms with Crippen LogP contribution in [0.25, 0.3) is 0 Å². The van der Waals surface area contributed by atoms with Crippen molar-refractivity contribution in [1.29, 1.82) is 0 Å². The van der Waals surface area contributed by atoms with E-state index >= 15 is 0 Å². The van der Waals surface area contributed by atoms with Gasteiger partial charge in [-0.3, -0.25) is 0 Å². The van der Waals surface area contributed by atoms with Crippen LogP contribution in [0.5, 0.6) is 0 Å². The minimum atomic E-state index is 0.840. The first-order valence-corrected chi connectivity index (χ1v) is 6.04. The zero-order chi connectivity index (χ0) is 8.93. The fraction of sp³-hybridized carbons (Fsp3) is 0.917. The molecule has 1 nitrogen and oxygen atoms in total. The van der Waals surface area contributed by atoms with Crippen LogP contribution in [0.3, 0.4) is 0 Å². The van der Waals surface area contributed by atoms with Gasteiger partial charge in [0.2, 0.25) is 0 Å². The molecule has 0 N–H and O–H groups in total. The molecule has 0 bridgehead atoms. The summed E-state index contributed by atoms with van der Waals surface area (Å²) in [6.07, 6.45) is 14.0. The van der Waals surface area contributed by atoms with Gasteiger partial charge in [0.1, 0.15) is 0 Å². The van der Waals surface area contributed by atoms with E-state index in [-0.39, 0.29) is 0 Å². The number of nitrogens with zero attached hydrogens (tertiary/aromatic N) is 1. The van der Waals surface area contributed by atoms with Gasteiger partial charge in [-0.1, -0.05) is 25.7 Å². The Balaban J connectivity index is 1.82. The molecule has 0 spiro atoms. The van der Waals surface area contributed by atoms with Gasteiger partial charge in [0.25, 0.3) is 0 Å². The van der Waals surface area contributed by atoms with Crippen molar-refractivity contribution in [3.8, 4) is 0 Å². The average Bonchev–Trinajstić information content (AvgIpc) is 2.47. The quantitative estimate of drug-likeness (QED) is 0.599. The molecule has 0 aromatic carbocycles. The minimum absolute atomic E-state index is 0.840. The number of rotatable bonds is 1. The molecule has 1 atom stereocenters. The van der Waals surface area contributed by atoms with Crippen LogP contribution >= 0.6 is 0 Å². The Morgan fingerprint density at radius 3 is 2.23 bits per heavy atom. The van der Waals surface area contributed by atoms with Crippen LogP contribution in [0.15, 0.2) is 0 Å². The van der Waals surface area contributed by atoms with E-state index in [1.807, 2.05) is 0 Å². The number of hydrogen-bond acceptors (Lipinski definition) is 1. The van der Waals surface area contributed by atoms with Crippen molar-refractivity contribution in [3.05, 3.63) is 6.42 Å². The molecule has 1 unspecified atom stereocenters. The van der Waals surface area contributed by atoms with E-state index in [1.54, 1.807) is 0 Å². The van der Waals surface area contributed by atoms with Crippen molar-refractivity contribution in [1.82, 2.24) is 4.90 Å². The second-order valence-electron chi connectivity index (χ2n) is 4.54. The third kappa shape index (κ3) is 2.70. The summed E-state index contributed by atoms with van der Waals surface area (Å²) in [5, 5.41) is 0. The summed E-state index contributed by atoms with van der Waals surface area (Å²) in [5.41, 5.74) is 0. The van der Waals surface area contributed by atoms with Gasteiger partial charge in [0.15, 0.2) is 0 Å². The van der Waals surface area contributed by atoms with E-state index in [4.69, 9.17) is 0 Å². The largest absolute Gasteiger partial charge is 0.300 e. The smallest absolute Gasteiger partial charge is 0.0127 e. The average molecular weight is 180 g/mol. The Labute approximate surface area is 82.5 Å². The van der Waals surface area contributed by atoms with Crippen LogP contribution in [0.1, 0.15) is 51.4 Å². The summed E-state index contributed by atoms with van der Waals surface area (Å²) < 4.78 is 0. The fourth-order valence-electron chi connectivity index (χ4n) is 2.68. The van der Waals surface area contributed by atoms with E-state index in [0.29, 0.717) is 0 Å². The maximum absolute atomic E-state index is 2.73. The first-order chi connectivity index (χ1) is 6.47. The summed E-state index contributed by atoms with van der Waals surface area (Å²) in [7, 11) is 0. The predicted molar refractivity (Wildman–Crippen MR) is 56.6 cm³/mol. The van der Waals surface area contributed by atoms with Gasteiger partial charge >= 0.3 is 0 Å². The van der Waals surface area contributed by atoms with E-state index in [0.717, 1.165) is 6.04 Å². The highest BCUT2D eigenvalue weighted by molar-refractivity contribution is 4.89. The molecule has 75 valence electrons. The van der Waals surface area contributed by atoms with Crippen LogP contribution in [-0.2, 0) is 0 Å². The lowest BCUT2D eigenvalue weighted by Gasteiger charge is -2.33. The van der Waals surface area contributed by atoms with Gasteiger partial charge in [-0.2, -0.15) is 0 Å². The van der Waals surface area contributed by atoms with Gasteiger partial charge in [-0.15, -0.1) is 0 Å². The van der Waals surface area contributed by atoms with Crippen LogP contribution in [0.2, 0.25) is 0 Å². The van der Waals surface area contributed by atoms with E-state index in [1.165, 1.54) is 64.5 Å². The Morgan fingerprint density at radius 2 is 1.62 bits per heavy atom. The van der Waals surface area contributed by atoms with Gasteiger partial charge in [-0.05, 0) is 45.2 Å². The monoisotopic (exact) mass is 180 g/mol. The van der Waals surface area contributed by atoms with Crippen LogP contribution in [-0.4, -0.2) is 24.0 Å². The molecule has 1 saturated heterocycles. The van der Waals surface area contributed by atoms with E-state index in [9.17, 15) is 0 Å². The Hall–Kier alpha value is -0.0400. The molecule has 2 aliphatic rings. The second kappa shape index (κ2) is 4.99. The molecule has 0 aromatic rings. The molecular weight excluding hydrogens is 158 g/mol. The summed E-state index contributed by atoms with van der Waals surface area (Å²) in [4.78, 5) is 2.73. The highest BCUT2D eigenvalue weighted by Gasteiger charge is 2.21. The second-order valence-corrected chi connectivity index (χ2v) is 4.54. The lowest BCUT2D eigenvalue weighted by molar-refractivity contribution is 0.198. The molecular formula is C12H22N. The molecule has 0 amide bonds. The highest BCUT2D eigenvalue weighted by atomic mass is 15.2. The Kier molecular flexibility index (Phi) is 3.65. The maximum Gasteiger partial charge on any atom is 0.0127 e. The zero-order valence-corrected chi connectivity index (χ0v) is 8.67. The normalized spacial score (nSPS) is 28.6. The molecule has 2 fully saturated rings. The number of hydrogen-bond donors (Lipinski definition) is 0. The van der Waals surface area contributed by atoms with Gasteiger partial charge in [0.05, 0.1) is 0 Å². The summed E-state index contributed by atoms with van der Waals surface area (Å²) in [6.45, 7) is 2.72. The van der Waals surface area contributed by atoms with Crippen molar-refractivity contribution >= 4 is 0 Å². The third-order valence-corrected chi connectivity index (χ3v) is 3.50. The van der Waals surface area contributed by atoms with Gasteiger partial charge < -0.3 is 4.90 Å². The third-order valence-electron chi connectivity index (χ3n) is 3.50. The lowest BCUT2D eigenvalue weighted by Crippen LogP contribution is -2.37. The molecule has 1 heteroatoms. The van der Waals surface area contributed by atoms with Crippen molar-refractivity contribution in [2.24, 2.45) is 0 Å². The zero-order valence-electron chi connectivity index (χ0n) is 8.67. The van der Waals surface area contributed by atoms with Gasteiger partial charge in [-0.25, -0.2) is 0 Å². The molecule has 1 radical (unpaired) electrons. The molecule has 1 saturated carbocycles. The lowest BCUT2D eigenvalue weighted by atomic mass is 9.94. The van der Waals surface area contributed by atoms with Crippen molar-refractivity contribution < 1.29 is 0 Å². The molecule has 1 aliphatic heterocycles. The van der Waals surface area contributed by atoms with Crippen LogP contribution in [0.4, 0.5) is 0 Å². The maximum atomic E-state index is 2.73. The first-order valence-electron chi connectivity index (χ1n) is 6.04. The molecule has 2 rings (SSSR count). The Morgan fingerprint density at radius 1 is 0.846 bits per heavy atom. The van der Waals surface area contributed by atoms with Crippen LogP contribution in [0, 0.1) is 6.42 Å². The highest BCUT2D eigenvalue weighted by Crippen LogP contribution is 2.23. The summed E-state index contributed by atoms with van der Waals surface area (Å²) >= 11 is 0. The summed E-state index contributed by atoms with van der Waals surface area (Å²) in [6, 6.07) is 0.840. The predicted octanol–water partition coefficient (Wildman–Crippen LogP) is 3.01. The standard InChI is InChI=1S/C12H22N/c1-2-7-11-13(10-6-1)12-8-4-3-5-9-12/h8,12H,1-7,9-11H2. The van der Waals surface area contributed by atoms with Crippen molar-refractivity contribution in [3.63, 3.8) is 0 Å². The van der Waals surface area contributed by atoms with Crippen molar-refractivity contribution in [2.45, 2.75) is 57.4 Å². The van der Waals surface area contributed by atoms with Crippen molar-refractivity contribution in [2.75, 3.05) is 13.1 Å². The molecule has 13 heavy (non-hydrogen) atoms. The fourth-order valence-corrected chi connectivity index (χ4v) is 2.68. The summed E-state index contributed by atoms with van der Waals surface area (Å²) in [5.74, 6) is 0. The van der Waals surface area contributed by atoms with E-state index in [2.05, 4.69) is 11.3 Å². The van der Waals surface area contributed by atoms with E-state index < -0.39 is 0 Å². The first kappa shape index (κ1) is 9.51. The van der Waals surface area contributed by atoms with Gasteiger partial charge in [0, 0.05) is 6.04 Å². The molecule has 1 aliphatic carbocycles. The Bertz CT molecular complexity index is 130. The van der Waals surface area contributed by atoms with Crippen LogP contribution < -0.4 is 0 Å². The minimum Gasteiger partial charge on any atom is -0.300 e.